The van der Waals surface area contributed by atoms with Crippen molar-refractivity contribution in [1.82, 2.24) is 19.8 Å². The molecule has 0 radical (unpaired) electrons. The van der Waals surface area contributed by atoms with Gasteiger partial charge in [0.05, 0.1) is 19.2 Å². The van der Waals surface area contributed by atoms with Crippen molar-refractivity contribution in [2.24, 2.45) is 7.05 Å². The van der Waals surface area contributed by atoms with Gasteiger partial charge >= 0.3 is 5.97 Å². The summed E-state index contributed by atoms with van der Waals surface area (Å²) in [6.07, 6.45) is 0.739. The first-order valence-electron chi connectivity index (χ1n) is 8.38. The van der Waals surface area contributed by atoms with Gasteiger partial charge in [-0.15, -0.1) is 0 Å². The maximum atomic E-state index is 12.9. The van der Waals surface area contributed by atoms with E-state index < -0.39 is 5.97 Å². The quantitative estimate of drug-likeness (QED) is 0.763. The molecule has 0 unspecified atom stereocenters. The Labute approximate surface area is 147 Å². The molecule has 2 rings (SSSR count). The number of aryl methyl sites for hydroxylation is 1. The third-order valence-corrected chi connectivity index (χ3v) is 4.19. The maximum absolute atomic E-state index is 12.9. The second-order valence-corrected chi connectivity index (χ2v) is 7.16. The average molecular weight is 350 g/mol. The van der Waals surface area contributed by atoms with E-state index in [0.29, 0.717) is 25.2 Å². The van der Waals surface area contributed by atoms with E-state index in [1.54, 1.807) is 17.8 Å². The van der Waals surface area contributed by atoms with E-state index in [-0.39, 0.29) is 30.1 Å². The fraction of sp³-hybridized carbons (Fsp3) is 0.647. The molecule has 2 amide bonds. The zero-order valence-corrected chi connectivity index (χ0v) is 15.5. The van der Waals surface area contributed by atoms with E-state index in [9.17, 15) is 14.4 Å². The molecule has 8 heteroatoms. The molecule has 1 aromatic heterocycles. The van der Waals surface area contributed by atoms with E-state index in [2.05, 4.69) is 9.84 Å². The van der Waals surface area contributed by atoms with Crippen LogP contribution in [-0.4, -0.2) is 57.8 Å². The van der Waals surface area contributed by atoms with E-state index in [0.717, 1.165) is 5.69 Å². The summed E-state index contributed by atoms with van der Waals surface area (Å²) in [7, 11) is 3.01. The number of ether oxygens (including phenoxy) is 1. The molecule has 0 N–H and O–H groups in total. The summed E-state index contributed by atoms with van der Waals surface area (Å²) in [5, 5.41) is 7.29. The first-order chi connectivity index (χ1) is 11.6. The Morgan fingerprint density at radius 3 is 2.36 bits per heavy atom. The van der Waals surface area contributed by atoms with Crippen molar-refractivity contribution < 1.29 is 19.1 Å². The standard InChI is InChI=1S/C17H26N4O4/c1-17(2,3)13-11-12(19(4)18-13)16(24)21-10-6-9-20(21)14(22)7-8-15(23)25-5/h11H,6-10H2,1-5H3. The summed E-state index contributed by atoms with van der Waals surface area (Å²) >= 11 is 0. The molecule has 1 aliphatic rings. The summed E-state index contributed by atoms with van der Waals surface area (Å²) in [6.45, 7) is 7.03. The predicted molar refractivity (Wildman–Crippen MR) is 90.5 cm³/mol. The lowest BCUT2D eigenvalue weighted by atomic mass is 9.92. The third kappa shape index (κ3) is 4.18. The second kappa shape index (κ2) is 7.25. The normalized spacial score (nSPS) is 14.8. The number of esters is 1. The highest BCUT2D eigenvalue weighted by molar-refractivity contribution is 5.94. The van der Waals surface area contributed by atoms with Crippen molar-refractivity contribution in [2.75, 3.05) is 20.2 Å². The molecule has 0 aliphatic carbocycles. The van der Waals surface area contributed by atoms with Gasteiger partial charge in [0.15, 0.2) is 0 Å². The van der Waals surface area contributed by atoms with Gasteiger partial charge in [0.2, 0.25) is 5.91 Å². The van der Waals surface area contributed by atoms with Crippen molar-refractivity contribution >= 4 is 17.8 Å². The van der Waals surface area contributed by atoms with Gasteiger partial charge in [0.25, 0.3) is 5.91 Å². The number of hydrazine groups is 1. The van der Waals surface area contributed by atoms with Crippen LogP contribution in [0.3, 0.4) is 0 Å². The number of methoxy groups -OCH3 is 1. The molecule has 25 heavy (non-hydrogen) atoms. The van der Waals surface area contributed by atoms with Gasteiger partial charge in [0.1, 0.15) is 5.69 Å². The number of carbonyl (C=O) groups is 3. The molecule has 1 aliphatic heterocycles. The Bertz CT molecular complexity index is 675. The minimum absolute atomic E-state index is 0.00768. The van der Waals surface area contributed by atoms with Crippen LogP contribution >= 0.6 is 0 Å². The number of nitrogens with zero attached hydrogens (tertiary/aromatic N) is 4. The summed E-state index contributed by atoms with van der Waals surface area (Å²) in [5.74, 6) is -0.948. The van der Waals surface area contributed by atoms with Gasteiger partial charge in [0, 0.05) is 32.0 Å². The first-order valence-corrected chi connectivity index (χ1v) is 8.38. The van der Waals surface area contributed by atoms with E-state index in [1.807, 2.05) is 20.8 Å². The minimum Gasteiger partial charge on any atom is -0.469 e. The molecular weight excluding hydrogens is 324 g/mol. The number of rotatable bonds is 4. The van der Waals surface area contributed by atoms with Crippen LogP contribution in [0.4, 0.5) is 0 Å². The Hall–Kier alpha value is -2.38. The zero-order chi connectivity index (χ0) is 18.8. The molecule has 0 saturated carbocycles. The van der Waals surface area contributed by atoms with Crippen LogP contribution in [-0.2, 0) is 26.8 Å². The Morgan fingerprint density at radius 2 is 1.80 bits per heavy atom. The average Bonchev–Trinajstić information content (AvgIpc) is 3.17. The van der Waals surface area contributed by atoms with E-state index >= 15 is 0 Å². The highest BCUT2D eigenvalue weighted by Gasteiger charge is 2.33. The van der Waals surface area contributed by atoms with Crippen LogP contribution < -0.4 is 0 Å². The van der Waals surface area contributed by atoms with Gasteiger partial charge in [-0.3, -0.25) is 24.1 Å². The van der Waals surface area contributed by atoms with Crippen LogP contribution in [0.5, 0.6) is 0 Å². The van der Waals surface area contributed by atoms with E-state index in [1.165, 1.54) is 17.1 Å². The minimum atomic E-state index is -0.438. The molecule has 0 spiro atoms. The summed E-state index contributed by atoms with van der Waals surface area (Å²) in [5.41, 5.74) is 1.09. The number of amides is 2. The van der Waals surface area contributed by atoms with Crippen molar-refractivity contribution in [2.45, 2.75) is 45.4 Å². The largest absolute Gasteiger partial charge is 0.469 e. The first kappa shape index (κ1) is 19.0. The molecule has 0 atom stereocenters. The SMILES string of the molecule is COC(=O)CCC(=O)N1CCCN1C(=O)c1cc(C(C)(C)C)nn1C. The van der Waals surface area contributed by atoms with Crippen LogP contribution in [0.2, 0.25) is 0 Å². The molecule has 1 saturated heterocycles. The Kier molecular flexibility index (Phi) is 5.49. The highest BCUT2D eigenvalue weighted by Crippen LogP contribution is 2.23. The number of hydrogen-bond donors (Lipinski definition) is 0. The lowest BCUT2D eigenvalue weighted by molar-refractivity contribution is -0.146. The van der Waals surface area contributed by atoms with Crippen molar-refractivity contribution in [3.63, 3.8) is 0 Å². The molecule has 138 valence electrons. The molecule has 0 aromatic carbocycles. The van der Waals surface area contributed by atoms with Gasteiger partial charge in [-0.05, 0) is 12.5 Å². The summed E-state index contributed by atoms with van der Waals surface area (Å²) < 4.78 is 6.11. The maximum Gasteiger partial charge on any atom is 0.306 e. The fourth-order valence-corrected chi connectivity index (χ4v) is 2.69. The summed E-state index contributed by atoms with van der Waals surface area (Å²) in [4.78, 5) is 36.5. The topological polar surface area (TPSA) is 84.7 Å². The van der Waals surface area contributed by atoms with Crippen LogP contribution in [0.25, 0.3) is 0 Å². The highest BCUT2D eigenvalue weighted by atomic mass is 16.5. The molecule has 8 nitrogen and oxygen atoms in total. The monoisotopic (exact) mass is 350 g/mol. The number of aromatic nitrogens is 2. The predicted octanol–water partition coefficient (Wildman–Crippen LogP) is 1.26. The Balaban J connectivity index is 2.14. The molecule has 0 bridgehead atoms. The summed E-state index contributed by atoms with van der Waals surface area (Å²) in [6, 6.07) is 1.78. The second-order valence-electron chi connectivity index (χ2n) is 7.16. The number of carbonyl (C=O) groups excluding carboxylic acids is 3. The zero-order valence-electron chi connectivity index (χ0n) is 15.5. The lowest BCUT2D eigenvalue weighted by Gasteiger charge is -2.27. The Morgan fingerprint density at radius 1 is 1.16 bits per heavy atom. The van der Waals surface area contributed by atoms with E-state index in [4.69, 9.17) is 0 Å². The van der Waals surface area contributed by atoms with Crippen LogP contribution in [0.15, 0.2) is 6.07 Å². The van der Waals surface area contributed by atoms with Crippen molar-refractivity contribution in [3.05, 3.63) is 17.5 Å². The molecule has 1 aromatic rings. The van der Waals surface area contributed by atoms with Gasteiger partial charge in [-0.2, -0.15) is 5.10 Å². The molecular formula is C17H26N4O4. The third-order valence-electron chi connectivity index (χ3n) is 4.19. The number of hydrogen-bond acceptors (Lipinski definition) is 5. The van der Waals surface area contributed by atoms with Crippen molar-refractivity contribution in [3.8, 4) is 0 Å². The molecule has 2 heterocycles. The lowest BCUT2D eigenvalue weighted by Crippen LogP contribution is -2.45. The van der Waals surface area contributed by atoms with Crippen LogP contribution in [0, 0.1) is 0 Å². The smallest absolute Gasteiger partial charge is 0.306 e. The fourth-order valence-electron chi connectivity index (χ4n) is 2.69. The van der Waals surface area contributed by atoms with Gasteiger partial charge < -0.3 is 4.74 Å². The van der Waals surface area contributed by atoms with Gasteiger partial charge in [-0.25, -0.2) is 5.01 Å². The van der Waals surface area contributed by atoms with Gasteiger partial charge in [-0.1, -0.05) is 20.8 Å². The van der Waals surface area contributed by atoms with Crippen molar-refractivity contribution in [1.29, 1.82) is 0 Å². The molecule has 1 fully saturated rings. The van der Waals surface area contributed by atoms with Crippen LogP contribution in [0.1, 0.15) is 56.2 Å².